The van der Waals surface area contributed by atoms with E-state index >= 15 is 0 Å². The van der Waals surface area contributed by atoms with Crippen molar-refractivity contribution in [3.63, 3.8) is 0 Å². The minimum Gasteiger partial charge on any atom is -0.379 e. The van der Waals surface area contributed by atoms with E-state index < -0.39 is 0 Å². The molecular formula is C18H42N6O. The molecular weight excluding hydrogens is 316 g/mol. The average molecular weight is 359 g/mol. The molecule has 0 aromatic carbocycles. The number of ether oxygens (including phenoxy) is 1. The number of hydrogen-bond donors (Lipinski definition) is 5. The SMILES string of the molecule is C1CCNC1.C1CN1.C1CNC1.C1COCCN1.CN1CCNCC1. The van der Waals surface area contributed by atoms with Crippen LogP contribution in [-0.2, 0) is 4.74 Å². The zero-order valence-electron chi connectivity index (χ0n) is 16.4. The van der Waals surface area contributed by atoms with Crippen LogP contribution in [0, 0.1) is 0 Å². The highest BCUT2D eigenvalue weighted by molar-refractivity contribution is 4.62. The van der Waals surface area contributed by atoms with Crippen molar-refractivity contribution in [3.05, 3.63) is 0 Å². The third-order valence-electron chi connectivity index (χ3n) is 4.10. The molecule has 0 aromatic heterocycles. The Balaban J connectivity index is 0.000000160. The molecule has 5 aliphatic rings. The molecule has 150 valence electrons. The Labute approximate surface area is 155 Å². The Morgan fingerprint density at radius 2 is 0.880 bits per heavy atom. The van der Waals surface area contributed by atoms with Crippen molar-refractivity contribution in [3.8, 4) is 0 Å². The molecule has 0 atom stereocenters. The summed E-state index contributed by atoms with van der Waals surface area (Å²) in [6.45, 7) is 16.1. The summed E-state index contributed by atoms with van der Waals surface area (Å²) >= 11 is 0. The number of likely N-dealkylation sites (N-methyl/N-ethyl adjacent to an activating group) is 1. The topological polar surface area (TPSA) is 82.5 Å². The summed E-state index contributed by atoms with van der Waals surface area (Å²) in [7, 11) is 2.15. The Morgan fingerprint density at radius 1 is 0.520 bits per heavy atom. The molecule has 5 saturated heterocycles. The number of nitrogens with one attached hydrogen (secondary N) is 5. The van der Waals surface area contributed by atoms with Crippen molar-refractivity contribution in [2.45, 2.75) is 19.3 Å². The van der Waals surface area contributed by atoms with Gasteiger partial charge in [0.2, 0.25) is 0 Å². The van der Waals surface area contributed by atoms with Gasteiger partial charge in [-0.3, -0.25) is 0 Å². The molecule has 5 N–H and O–H groups in total. The van der Waals surface area contributed by atoms with Crippen LogP contribution in [0.2, 0.25) is 0 Å². The van der Waals surface area contributed by atoms with Gasteiger partial charge < -0.3 is 36.2 Å². The largest absolute Gasteiger partial charge is 0.379 e. The molecule has 5 fully saturated rings. The number of piperazine rings is 1. The van der Waals surface area contributed by atoms with E-state index in [1.54, 1.807) is 0 Å². The highest BCUT2D eigenvalue weighted by Gasteiger charge is 2.01. The fourth-order valence-corrected chi connectivity index (χ4v) is 2.09. The van der Waals surface area contributed by atoms with Gasteiger partial charge in [-0.15, -0.1) is 0 Å². The van der Waals surface area contributed by atoms with Crippen LogP contribution in [0.15, 0.2) is 0 Å². The summed E-state index contributed by atoms with van der Waals surface area (Å²) in [4.78, 5) is 2.33. The van der Waals surface area contributed by atoms with Crippen molar-refractivity contribution in [2.75, 3.05) is 98.8 Å². The van der Waals surface area contributed by atoms with Gasteiger partial charge in [-0.1, -0.05) is 0 Å². The number of nitrogens with zero attached hydrogens (tertiary/aromatic N) is 1. The lowest BCUT2D eigenvalue weighted by Crippen LogP contribution is -2.40. The standard InChI is InChI=1S/C5H12N2.C4H9NO.C4H9N.C3H7N.C2H5N/c1-7-4-2-6-3-5-7;1-3-6-4-2-5-1;1-2-4-5-3-1;1-2-4-3-1;1-2-3-1/h6H,2-5H2,1H3;5H,1-4H2;5H,1-4H2;4H,1-3H2;3H,1-2H2. The van der Waals surface area contributed by atoms with Gasteiger partial charge in [0.05, 0.1) is 13.2 Å². The first-order chi connectivity index (χ1) is 12.4. The lowest BCUT2D eigenvalue weighted by atomic mass is 10.3. The quantitative estimate of drug-likeness (QED) is 0.358. The molecule has 0 aromatic rings. The second kappa shape index (κ2) is 18.5. The maximum atomic E-state index is 5.01. The van der Waals surface area contributed by atoms with E-state index in [9.17, 15) is 0 Å². The third kappa shape index (κ3) is 19.9. The van der Waals surface area contributed by atoms with Gasteiger partial charge in [0.1, 0.15) is 0 Å². The molecule has 7 heteroatoms. The molecule has 5 aliphatic heterocycles. The number of morpholine rings is 1. The predicted octanol–water partition coefficient (Wildman–Crippen LogP) is -0.933. The van der Waals surface area contributed by atoms with Gasteiger partial charge in [-0.2, -0.15) is 0 Å². The molecule has 0 unspecified atom stereocenters. The van der Waals surface area contributed by atoms with Crippen LogP contribution in [0.25, 0.3) is 0 Å². The molecule has 7 nitrogen and oxygen atoms in total. The fourth-order valence-electron chi connectivity index (χ4n) is 2.09. The molecule has 0 bridgehead atoms. The van der Waals surface area contributed by atoms with Crippen molar-refractivity contribution in [1.29, 1.82) is 0 Å². The molecule has 0 saturated carbocycles. The Hall–Kier alpha value is -0.280. The smallest absolute Gasteiger partial charge is 0.0591 e. The van der Waals surface area contributed by atoms with E-state index in [0.717, 1.165) is 39.4 Å². The second-order valence-corrected chi connectivity index (χ2v) is 6.73. The van der Waals surface area contributed by atoms with Gasteiger partial charge in [-0.05, 0) is 52.5 Å². The predicted molar refractivity (Wildman–Crippen MR) is 107 cm³/mol. The van der Waals surface area contributed by atoms with Crippen LogP contribution < -0.4 is 26.6 Å². The molecule has 0 amide bonds. The maximum absolute atomic E-state index is 5.01. The summed E-state index contributed by atoms with van der Waals surface area (Å²) in [6, 6.07) is 0. The lowest BCUT2D eigenvalue weighted by Gasteiger charge is -2.21. The minimum atomic E-state index is 0.889. The summed E-state index contributed by atoms with van der Waals surface area (Å²) < 4.78 is 5.01. The lowest BCUT2D eigenvalue weighted by molar-refractivity contribution is 0.109. The monoisotopic (exact) mass is 358 g/mol. The minimum absolute atomic E-state index is 0.889. The second-order valence-electron chi connectivity index (χ2n) is 6.73. The van der Waals surface area contributed by atoms with Crippen LogP contribution in [0.1, 0.15) is 19.3 Å². The van der Waals surface area contributed by atoms with Crippen LogP contribution in [0.3, 0.4) is 0 Å². The molecule has 5 rings (SSSR count). The van der Waals surface area contributed by atoms with E-state index in [4.69, 9.17) is 4.74 Å². The van der Waals surface area contributed by atoms with Crippen molar-refractivity contribution < 1.29 is 4.74 Å². The van der Waals surface area contributed by atoms with Gasteiger partial charge in [0.25, 0.3) is 0 Å². The van der Waals surface area contributed by atoms with Crippen LogP contribution in [-0.4, -0.2) is 104 Å². The molecule has 0 radical (unpaired) electrons. The first-order valence-electron chi connectivity index (χ1n) is 10.2. The average Bonchev–Trinajstić information content (AvgIpc) is 3.38. The Bertz CT molecular complexity index is 224. The van der Waals surface area contributed by atoms with Gasteiger partial charge in [0, 0.05) is 52.4 Å². The van der Waals surface area contributed by atoms with Gasteiger partial charge >= 0.3 is 0 Å². The summed E-state index contributed by atoms with van der Waals surface area (Å²) in [5.41, 5.74) is 0. The van der Waals surface area contributed by atoms with Crippen molar-refractivity contribution >= 4 is 0 Å². The summed E-state index contributed by atoms with van der Waals surface area (Å²) in [6.07, 6.45) is 4.17. The zero-order valence-corrected chi connectivity index (χ0v) is 16.4. The molecule has 5 heterocycles. The third-order valence-corrected chi connectivity index (χ3v) is 4.10. The van der Waals surface area contributed by atoms with Crippen LogP contribution >= 0.6 is 0 Å². The van der Waals surface area contributed by atoms with E-state index in [1.165, 1.54) is 71.6 Å². The Morgan fingerprint density at radius 3 is 1.04 bits per heavy atom. The van der Waals surface area contributed by atoms with Crippen molar-refractivity contribution in [2.24, 2.45) is 0 Å². The molecule has 0 aliphatic carbocycles. The van der Waals surface area contributed by atoms with E-state index in [-0.39, 0.29) is 0 Å². The fraction of sp³-hybridized carbons (Fsp3) is 1.00. The Kier molecular flexibility index (Phi) is 16.9. The maximum Gasteiger partial charge on any atom is 0.0591 e. The number of rotatable bonds is 0. The summed E-state index contributed by atoms with van der Waals surface area (Å²) in [5, 5.41) is 15.8. The number of hydrogen-bond acceptors (Lipinski definition) is 7. The summed E-state index contributed by atoms with van der Waals surface area (Å²) in [5.74, 6) is 0. The highest BCUT2D eigenvalue weighted by atomic mass is 16.5. The normalized spacial score (nSPS) is 24.4. The van der Waals surface area contributed by atoms with Crippen LogP contribution in [0.4, 0.5) is 0 Å². The molecule has 25 heavy (non-hydrogen) atoms. The first-order valence-corrected chi connectivity index (χ1v) is 10.2. The van der Waals surface area contributed by atoms with E-state index in [1.807, 2.05) is 0 Å². The highest BCUT2D eigenvalue weighted by Crippen LogP contribution is 1.90. The zero-order chi connectivity index (χ0) is 17.8. The molecule has 0 spiro atoms. The van der Waals surface area contributed by atoms with Gasteiger partial charge in [-0.25, -0.2) is 0 Å². The first kappa shape index (κ1) is 22.8. The van der Waals surface area contributed by atoms with E-state index in [0.29, 0.717) is 0 Å². The van der Waals surface area contributed by atoms with E-state index in [2.05, 4.69) is 38.5 Å². The van der Waals surface area contributed by atoms with Crippen molar-refractivity contribution in [1.82, 2.24) is 31.5 Å². The van der Waals surface area contributed by atoms with Gasteiger partial charge in [0.15, 0.2) is 0 Å². The van der Waals surface area contributed by atoms with Crippen LogP contribution in [0.5, 0.6) is 0 Å².